The molecular weight excluding hydrogens is 180 g/mol. The van der Waals surface area contributed by atoms with Crippen LogP contribution in [0.15, 0.2) is 0 Å². The largest absolute Gasteiger partial charge is 0.481 e. The standard InChI is InChI=1S/C8H13F2NO2/c1-11-3-2-8(5-11,7(12)13)4-6(9)10/h6H,2-5H2,1H3,(H,12,13). The summed E-state index contributed by atoms with van der Waals surface area (Å²) in [4.78, 5) is 12.6. The lowest BCUT2D eigenvalue weighted by atomic mass is 9.84. The molecule has 13 heavy (non-hydrogen) atoms. The molecule has 1 rings (SSSR count). The number of aliphatic carboxylic acids is 1. The summed E-state index contributed by atoms with van der Waals surface area (Å²) in [6, 6.07) is 0. The second-order valence-electron chi connectivity index (χ2n) is 3.67. The number of hydrogen-bond donors (Lipinski definition) is 1. The zero-order valence-electron chi connectivity index (χ0n) is 7.46. The van der Waals surface area contributed by atoms with Crippen molar-refractivity contribution in [3.63, 3.8) is 0 Å². The maximum atomic E-state index is 12.1. The Morgan fingerprint density at radius 3 is 2.62 bits per heavy atom. The van der Waals surface area contributed by atoms with Crippen LogP contribution in [0.5, 0.6) is 0 Å². The van der Waals surface area contributed by atoms with Crippen LogP contribution in [-0.2, 0) is 4.79 Å². The normalized spacial score (nSPS) is 29.8. The van der Waals surface area contributed by atoms with Gasteiger partial charge in [-0.1, -0.05) is 0 Å². The summed E-state index contributed by atoms with van der Waals surface area (Å²) in [7, 11) is 1.75. The van der Waals surface area contributed by atoms with Gasteiger partial charge in [0, 0.05) is 13.0 Å². The number of hydrogen-bond acceptors (Lipinski definition) is 2. The minimum atomic E-state index is -2.54. The van der Waals surface area contributed by atoms with Crippen molar-refractivity contribution in [1.82, 2.24) is 4.90 Å². The smallest absolute Gasteiger partial charge is 0.311 e. The topological polar surface area (TPSA) is 40.5 Å². The number of likely N-dealkylation sites (tertiary alicyclic amines) is 1. The van der Waals surface area contributed by atoms with Crippen LogP contribution < -0.4 is 0 Å². The van der Waals surface area contributed by atoms with Gasteiger partial charge in [0.25, 0.3) is 0 Å². The number of rotatable bonds is 3. The zero-order chi connectivity index (χ0) is 10.1. The molecule has 0 aromatic heterocycles. The van der Waals surface area contributed by atoms with E-state index in [1.54, 1.807) is 11.9 Å². The molecule has 0 aliphatic carbocycles. The highest BCUT2D eigenvalue weighted by atomic mass is 19.3. The average molecular weight is 193 g/mol. The van der Waals surface area contributed by atoms with Crippen molar-refractivity contribution in [2.24, 2.45) is 5.41 Å². The van der Waals surface area contributed by atoms with Crippen molar-refractivity contribution < 1.29 is 18.7 Å². The van der Waals surface area contributed by atoms with Crippen LogP contribution in [-0.4, -0.2) is 42.5 Å². The Morgan fingerprint density at radius 1 is 1.69 bits per heavy atom. The van der Waals surface area contributed by atoms with E-state index in [1.807, 2.05) is 0 Å². The molecule has 0 spiro atoms. The highest BCUT2D eigenvalue weighted by Gasteiger charge is 2.45. The van der Waals surface area contributed by atoms with Gasteiger partial charge in [-0.3, -0.25) is 4.79 Å². The molecule has 1 aliphatic rings. The molecule has 0 aromatic rings. The first-order valence-corrected chi connectivity index (χ1v) is 4.16. The lowest BCUT2D eigenvalue weighted by Crippen LogP contribution is -2.35. The molecule has 0 bridgehead atoms. The number of alkyl halides is 2. The molecule has 1 saturated heterocycles. The highest BCUT2D eigenvalue weighted by Crippen LogP contribution is 2.35. The fraction of sp³-hybridized carbons (Fsp3) is 0.875. The van der Waals surface area contributed by atoms with E-state index in [0.717, 1.165) is 0 Å². The van der Waals surface area contributed by atoms with E-state index in [0.29, 0.717) is 13.0 Å². The molecule has 76 valence electrons. The van der Waals surface area contributed by atoms with Crippen molar-refractivity contribution >= 4 is 5.97 Å². The van der Waals surface area contributed by atoms with Crippen LogP contribution in [0.2, 0.25) is 0 Å². The predicted molar refractivity (Wildman–Crippen MR) is 42.8 cm³/mol. The summed E-state index contributed by atoms with van der Waals surface area (Å²) in [6.45, 7) is 0.811. The van der Waals surface area contributed by atoms with Gasteiger partial charge in [-0.2, -0.15) is 0 Å². The number of halogens is 2. The van der Waals surface area contributed by atoms with Crippen LogP contribution in [0, 0.1) is 5.41 Å². The van der Waals surface area contributed by atoms with Gasteiger partial charge in [-0.25, -0.2) is 8.78 Å². The fourth-order valence-corrected chi connectivity index (χ4v) is 1.80. The van der Waals surface area contributed by atoms with Crippen molar-refractivity contribution in [2.75, 3.05) is 20.1 Å². The Balaban J connectivity index is 2.71. The van der Waals surface area contributed by atoms with Crippen LogP contribution >= 0.6 is 0 Å². The van der Waals surface area contributed by atoms with Gasteiger partial charge in [-0.05, 0) is 20.0 Å². The molecule has 1 fully saturated rings. The molecule has 5 heteroatoms. The van der Waals surface area contributed by atoms with E-state index in [9.17, 15) is 13.6 Å². The molecule has 1 heterocycles. The van der Waals surface area contributed by atoms with E-state index in [-0.39, 0.29) is 6.54 Å². The summed E-state index contributed by atoms with van der Waals surface area (Å²) in [5.74, 6) is -1.10. The molecule has 3 nitrogen and oxygen atoms in total. The lowest BCUT2D eigenvalue weighted by molar-refractivity contribution is -0.150. The van der Waals surface area contributed by atoms with Crippen molar-refractivity contribution in [3.8, 4) is 0 Å². The Kier molecular flexibility index (Phi) is 2.85. The molecular formula is C8H13F2NO2. The Bertz CT molecular complexity index is 210. The van der Waals surface area contributed by atoms with E-state index >= 15 is 0 Å². The molecule has 1 unspecified atom stereocenters. The van der Waals surface area contributed by atoms with Gasteiger partial charge < -0.3 is 10.0 Å². The van der Waals surface area contributed by atoms with E-state index in [1.165, 1.54) is 0 Å². The third-order valence-electron chi connectivity index (χ3n) is 2.54. The van der Waals surface area contributed by atoms with Crippen LogP contribution in [0.4, 0.5) is 8.78 Å². The van der Waals surface area contributed by atoms with E-state index in [2.05, 4.69) is 0 Å². The van der Waals surface area contributed by atoms with E-state index < -0.39 is 24.2 Å². The van der Waals surface area contributed by atoms with Gasteiger partial charge >= 0.3 is 5.97 Å². The number of carbonyl (C=O) groups is 1. The number of carboxylic acid groups (broad SMARTS) is 1. The summed E-state index contributed by atoms with van der Waals surface area (Å²) in [5, 5.41) is 8.87. The molecule has 1 N–H and O–H groups in total. The highest BCUT2D eigenvalue weighted by molar-refractivity contribution is 5.75. The molecule has 0 amide bonds. The van der Waals surface area contributed by atoms with Crippen molar-refractivity contribution in [2.45, 2.75) is 19.3 Å². The molecule has 1 aliphatic heterocycles. The van der Waals surface area contributed by atoms with Gasteiger partial charge in [0.2, 0.25) is 6.43 Å². The number of carboxylic acids is 1. The summed E-state index contributed by atoms with van der Waals surface area (Å²) < 4.78 is 24.3. The molecule has 1 atom stereocenters. The third kappa shape index (κ3) is 2.15. The quantitative estimate of drug-likeness (QED) is 0.728. The molecule has 0 radical (unpaired) electrons. The monoisotopic (exact) mass is 193 g/mol. The van der Waals surface area contributed by atoms with Crippen LogP contribution in [0.1, 0.15) is 12.8 Å². The second-order valence-corrected chi connectivity index (χ2v) is 3.67. The fourth-order valence-electron chi connectivity index (χ4n) is 1.80. The SMILES string of the molecule is CN1CCC(CC(F)F)(C(=O)O)C1. The van der Waals surface area contributed by atoms with Gasteiger partial charge in [0.15, 0.2) is 0 Å². The number of nitrogens with zero attached hydrogens (tertiary/aromatic N) is 1. The Morgan fingerprint density at radius 2 is 2.31 bits per heavy atom. The summed E-state index contributed by atoms with van der Waals surface area (Å²) >= 11 is 0. The maximum absolute atomic E-state index is 12.1. The Hall–Kier alpha value is -0.710. The van der Waals surface area contributed by atoms with Gasteiger partial charge in [-0.15, -0.1) is 0 Å². The van der Waals surface area contributed by atoms with Crippen molar-refractivity contribution in [1.29, 1.82) is 0 Å². The minimum Gasteiger partial charge on any atom is -0.481 e. The van der Waals surface area contributed by atoms with Crippen LogP contribution in [0.3, 0.4) is 0 Å². The Labute approximate surface area is 75.3 Å². The minimum absolute atomic E-state index is 0.229. The second kappa shape index (κ2) is 3.57. The first-order chi connectivity index (χ1) is 5.96. The summed E-state index contributed by atoms with van der Waals surface area (Å²) in [6.07, 6.45) is -2.75. The lowest BCUT2D eigenvalue weighted by Gasteiger charge is -2.23. The van der Waals surface area contributed by atoms with E-state index in [4.69, 9.17) is 5.11 Å². The molecule has 0 aromatic carbocycles. The van der Waals surface area contributed by atoms with Gasteiger partial charge in [0.1, 0.15) is 0 Å². The zero-order valence-corrected chi connectivity index (χ0v) is 7.46. The average Bonchev–Trinajstić information content (AvgIpc) is 2.31. The maximum Gasteiger partial charge on any atom is 0.311 e. The predicted octanol–water partition coefficient (Wildman–Crippen LogP) is 1.05. The molecule has 0 saturated carbocycles. The first-order valence-electron chi connectivity index (χ1n) is 4.16. The third-order valence-corrected chi connectivity index (χ3v) is 2.54. The van der Waals surface area contributed by atoms with Gasteiger partial charge in [0.05, 0.1) is 5.41 Å². The van der Waals surface area contributed by atoms with Crippen LogP contribution in [0.25, 0.3) is 0 Å². The summed E-state index contributed by atoms with van der Waals surface area (Å²) in [5.41, 5.74) is -1.22. The first kappa shape index (κ1) is 10.4. The van der Waals surface area contributed by atoms with Crippen molar-refractivity contribution in [3.05, 3.63) is 0 Å².